The van der Waals surface area contributed by atoms with Gasteiger partial charge in [-0.3, -0.25) is 0 Å². The summed E-state index contributed by atoms with van der Waals surface area (Å²) in [5.41, 5.74) is 1.47. The number of nitrogens with one attached hydrogen (secondary N) is 1. The second kappa shape index (κ2) is 9.41. The standard InChI is InChI=1S/C20H32N2O/c1-2-7-18(8-3-1)9-6-14-22-13-5-4-10-20(17-22)21-19-11-15-23-16-12-19/h1-3,7-8,19-21H,4-6,9-17H2. The van der Waals surface area contributed by atoms with Crippen LogP contribution in [0.5, 0.6) is 0 Å². The number of rotatable bonds is 6. The monoisotopic (exact) mass is 316 g/mol. The largest absolute Gasteiger partial charge is 0.381 e. The molecule has 3 rings (SSSR count). The maximum Gasteiger partial charge on any atom is 0.0480 e. The lowest BCUT2D eigenvalue weighted by atomic mass is 10.1. The van der Waals surface area contributed by atoms with E-state index in [0.29, 0.717) is 12.1 Å². The van der Waals surface area contributed by atoms with Gasteiger partial charge in [0.2, 0.25) is 0 Å². The first-order chi connectivity index (χ1) is 11.4. The highest BCUT2D eigenvalue weighted by Crippen LogP contribution is 2.15. The third kappa shape index (κ3) is 5.91. The van der Waals surface area contributed by atoms with E-state index in [1.54, 1.807) is 0 Å². The fraction of sp³-hybridized carbons (Fsp3) is 0.700. The van der Waals surface area contributed by atoms with Crippen LogP contribution in [0.1, 0.15) is 44.1 Å². The van der Waals surface area contributed by atoms with Gasteiger partial charge in [-0.05, 0) is 57.2 Å². The van der Waals surface area contributed by atoms with Gasteiger partial charge in [0, 0.05) is 31.8 Å². The molecule has 0 saturated carbocycles. The van der Waals surface area contributed by atoms with E-state index in [1.165, 1.54) is 70.1 Å². The van der Waals surface area contributed by atoms with Crippen molar-refractivity contribution in [2.45, 2.75) is 57.0 Å². The summed E-state index contributed by atoms with van der Waals surface area (Å²) in [6.07, 6.45) is 8.92. The summed E-state index contributed by atoms with van der Waals surface area (Å²) >= 11 is 0. The molecule has 3 heteroatoms. The first-order valence-electron chi connectivity index (χ1n) is 9.50. The van der Waals surface area contributed by atoms with Crippen LogP contribution in [-0.4, -0.2) is 49.8 Å². The zero-order chi connectivity index (χ0) is 15.7. The minimum Gasteiger partial charge on any atom is -0.381 e. The van der Waals surface area contributed by atoms with E-state index in [2.05, 4.69) is 40.5 Å². The van der Waals surface area contributed by atoms with Crippen molar-refractivity contribution in [3.05, 3.63) is 35.9 Å². The zero-order valence-electron chi connectivity index (χ0n) is 14.4. The van der Waals surface area contributed by atoms with Gasteiger partial charge in [-0.2, -0.15) is 0 Å². The Labute approximate surface area is 141 Å². The maximum absolute atomic E-state index is 5.48. The van der Waals surface area contributed by atoms with Crippen molar-refractivity contribution < 1.29 is 4.74 Å². The Balaban J connectivity index is 1.41. The molecule has 0 bridgehead atoms. The smallest absolute Gasteiger partial charge is 0.0480 e. The van der Waals surface area contributed by atoms with E-state index in [9.17, 15) is 0 Å². The third-order valence-electron chi connectivity index (χ3n) is 5.23. The van der Waals surface area contributed by atoms with Gasteiger partial charge < -0.3 is 15.0 Å². The van der Waals surface area contributed by atoms with Crippen LogP contribution < -0.4 is 5.32 Å². The van der Waals surface area contributed by atoms with Crippen LogP contribution in [0.2, 0.25) is 0 Å². The first-order valence-corrected chi connectivity index (χ1v) is 9.50. The Morgan fingerprint density at radius 1 is 1.00 bits per heavy atom. The van der Waals surface area contributed by atoms with E-state index in [-0.39, 0.29) is 0 Å². The third-order valence-corrected chi connectivity index (χ3v) is 5.23. The number of aryl methyl sites for hydroxylation is 1. The van der Waals surface area contributed by atoms with Crippen LogP contribution in [0, 0.1) is 0 Å². The highest BCUT2D eigenvalue weighted by molar-refractivity contribution is 5.14. The summed E-state index contributed by atoms with van der Waals surface area (Å²) < 4.78 is 5.48. The van der Waals surface area contributed by atoms with Crippen LogP contribution in [0.15, 0.2) is 30.3 Å². The van der Waals surface area contributed by atoms with Crippen molar-refractivity contribution in [3.63, 3.8) is 0 Å². The zero-order valence-corrected chi connectivity index (χ0v) is 14.4. The number of ether oxygens (including phenoxy) is 1. The van der Waals surface area contributed by atoms with E-state index < -0.39 is 0 Å². The number of nitrogens with zero attached hydrogens (tertiary/aromatic N) is 1. The molecule has 1 N–H and O–H groups in total. The van der Waals surface area contributed by atoms with Crippen molar-refractivity contribution in [2.24, 2.45) is 0 Å². The summed E-state index contributed by atoms with van der Waals surface area (Å²) in [6.45, 7) is 5.62. The number of hydrogen-bond acceptors (Lipinski definition) is 3. The Bertz CT molecular complexity index is 431. The van der Waals surface area contributed by atoms with Gasteiger partial charge in [-0.15, -0.1) is 0 Å². The molecular weight excluding hydrogens is 284 g/mol. The molecule has 128 valence electrons. The van der Waals surface area contributed by atoms with E-state index >= 15 is 0 Å². The average Bonchev–Trinajstić information content (AvgIpc) is 2.82. The molecule has 1 aromatic rings. The lowest BCUT2D eigenvalue weighted by Gasteiger charge is -2.30. The topological polar surface area (TPSA) is 24.5 Å². The maximum atomic E-state index is 5.48. The predicted molar refractivity (Wildman–Crippen MR) is 95.8 cm³/mol. The second-order valence-electron chi connectivity index (χ2n) is 7.14. The van der Waals surface area contributed by atoms with Gasteiger partial charge in [0.05, 0.1) is 0 Å². The summed E-state index contributed by atoms with van der Waals surface area (Å²) in [4.78, 5) is 2.69. The second-order valence-corrected chi connectivity index (χ2v) is 7.14. The molecular formula is C20H32N2O. The van der Waals surface area contributed by atoms with Crippen molar-refractivity contribution >= 4 is 0 Å². The molecule has 1 aromatic carbocycles. The predicted octanol–water partition coefficient (Wildman–Crippen LogP) is 3.24. The Hall–Kier alpha value is -0.900. The van der Waals surface area contributed by atoms with E-state index in [4.69, 9.17) is 4.74 Å². The van der Waals surface area contributed by atoms with Crippen LogP contribution >= 0.6 is 0 Å². The van der Waals surface area contributed by atoms with Crippen molar-refractivity contribution in [1.82, 2.24) is 10.2 Å². The highest BCUT2D eigenvalue weighted by atomic mass is 16.5. The Morgan fingerprint density at radius 3 is 2.65 bits per heavy atom. The van der Waals surface area contributed by atoms with Crippen molar-refractivity contribution in [2.75, 3.05) is 32.8 Å². The van der Waals surface area contributed by atoms with Gasteiger partial charge in [0.1, 0.15) is 0 Å². The SMILES string of the molecule is c1ccc(CCCN2CCCCC(NC3CCOCC3)C2)cc1. The molecule has 2 heterocycles. The summed E-state index contributed by atoms with van der Waals surface area (Å²) in [7, 11) is 0. The Kier molecular flexibility index (Phi) is 6.93. The minimum absolute atomic E-state index is 0.678. The number of benzene rings is 1. The lowest BCUT2D eigenvalue weighted by Crippen LogP contribution is -2.46. The van der Waals surface area contributed by atoms with Crippen molar-refractivity contribution in [1.29, 1.82) is 0 Å². The summed E-state index contributed by atoms with van der Waals surface area (Å²) in [5.74, 6) is 0. The Morgan fingerprint density at radius 2 is 1.83 bits per heavy atom. The van der Waals surface area contributed by atoms with Gasteiger partial charge in [-0.25, -0.2) is 0 Å². The summed E-state index contributed by atoms with van der Waals surface area (Å²) in [6, 6.07) is 12.3. The van der Waals surface area contributed by atoms with Gasteiger partial charge in [0.25, 0.3) is 0 Å². The van der Waals surface area contributed by atoms with E-state index in [0.717, 1.165) is 13.2 Å². The molecule has 0 amide bonds. The summed E-state index contributed by atoms with van der Waals surface area (Å²) in [5, 5.41) is 3.91. The van der Waals surface area contributed by atoms with Crippen LogP contribution in [0.4, 0.5) is 0 Å². The molecule has 0 radical (unpaired) electrons. The molecule has 2 aliphatic rings. The fourth-order valence-corrected chi connectivity index (χ4v) is 3.91. The van der Waals surface area contributed by atoms with Crippen LogP contribution in [-0.2, 0) is 11.2 Å². The number of likely N-dealkylation sites (tertiary alicyclic amines) is 1. The number of hydrogen-bond donors (Lipinski definition) is 1. The van der Waals surface area contributed by atoms with Gasteiger partial charge >= 0.3 is 0 Å². The molecule has 3 nitrogen and oxygen atoms in total. The molecule has 23 heavy (non-hydrogen) atoms. The van der Waals surface area contributed by atoms with Crippen LogP contribution in [0.25, 0.3) is 0 Å². The molecule has 0 aromatic heterocycles. The molecule has 1 unspecified atom stereocenters. The highest BCUT2D eigenvalue weighted by Gasteiger charge is 2.22. The first kappa shape index (κ1) is 16.9. The van der Waals surface area contributed by atoms with Gasteiger partial charge in [-0.1, -0.05) is 36.8 Å². The van der Waals surface area contributed by atoms with E-state index in [1.807, 2.05) is 0 Å². The normalized spacial score (nSPS) is 24.4. The fourth-order valence-electron chi connectivity index (χ4n) is 3.91. The molecule has 1 atom stereocenters. The van der Waals surface area contributed by atoms with Crippen molar-refractivity contribution in [3.8, 4) is 0 Å². The van der Waals surface area contributed by atoms with Gasteiger partial charge in [0.15, 0.2) is 0 Å². The quantitative estimate of drug-likeness (QED) is 0.872. The molecule has 2 saturated heterocycles. The molecule has 2 aliphatic heterocycles. The lowest BCUT2D eigenvalue weighted by molar-refractivity contribution is 0.0730. The average molecular weight is 316 g/mol. The minimum atomic E-state index is 0.678. The molecule has 0 aliphatic carbocycles. The molecule has 0 spiro atoms. The molecule has 2 fully saturated rings. The van der Waals surface area contributed by atoms with Crippen LogP contribution in [0.3, 0.4) is 0 Å².